The van der Waals surface area contributed by atoms with Gasteiger partial charge in [0, 0.05) is 11.8 Å². The van der Waals surface area contributed by atoms with Crippen molar-refractivity contribution in [3.05, 3.63) is 11.6 Å². The maximum atomic E-state index is 13.1. The van der Waals surface area contributed by atoms with Gasteiger partial charge < -0.3 is 14.6 Å². The van der Waals surface area contributed by atoms with Crippen LogP contribution in [0.4, 0.5) is 0 Å². The molecule has 4 aliphatic carbocycles. The molecular weight excluding hydrogens is 448 g/mol. The van der Waals surface area contributed by atoms with Gasteiger partial charge in [-0.15, -0.1) is 0 Å². The Balaban J connectivity index is 1.40. The molecule has 0 amide bonds. The summed E-state index contributed by atoms with van der Waals surface area (Å²) in [5, 5.41) is 10.8. The van der Waals surface area contributed by atoms with Crippen LogP contribution in [0.5, 0.6) is 0 Å². The van der Waals surface area contributed by atoms with Crippen molar-refractivity contribution in [3.8, 4) is 0 Å². The molecule has 4 nitrogen and oxygen atoms in total. The van der Waals surface area contributed by atoms with Gasteiger partial charge in [-0.25, -0.2) is 0 Å². The first-order valence-electron chi connectivity index (χ1n) is 14.7. The third-order valence-electron chi connectivity index (χ3n) is 12.5. The van der Waals surface area contributed by atoms with E-state index in [0.717, 1.165) is 19.3 Å². The number of carbonyl (C=O) groups is 1. The van der Waals surface area contributed by atoms with Crippen LogP contribution in [0.3, 0.4) is 0 Å². The van der Waals surface area contributed by atoms with E-state index in [1.54, 1.807) is 5.57 Å². The maximum absolute atomic E-state index is 13.1. The predicted octanol–water partition coefficient (Wildman–Crippen LogP) is 7.09. The molecule has 3 unspecified atom stereocenters. The Hall–Kier alpha value is -0.710. The van der Waals surface area contributed by atoms with E-state index in [2.05, 4.69) is 47.6 Å². The minimum absolute atomic E-state index is 0.0953. The van der Waals surface area contributed by atoms with E-state index in [0.29, 0.717) is 29.5 Å². The number of fused-ring (bicyclic) bond motifs is 5. The molecule has 1 aliphatic heterocycles. The number of ketones is 1. The quantitative estimate of drug-likeness (QED) is 0.419. The molecule has 5 rings (SSSR count). The maximum Gasteiger partial charge on any atom is 0.163 e. The summed E-state index contributed by atoms with van der Waals surface area (Å²) >= 11 is 0. The van der Waals surface area contributed by atoms with Gasteiger partial charge in [-0.05, 0) is 106 Å². The van der Waals surface area contributed by atoms with E-state index in [-0.39, 0.29) is 33.9 Å². The summed E-state index contributed by atoms with van der Waals surface area (Å²) in [6.45, 7) is 22.0. The van der Waals surface area contributed by atoms with Crippen molar-refractivity contribution in [1.82, 2.24) is 0 Å². The lowest BCUT2D eigenvalue weighted by Crippen LogP contribution is -2.52. The van der Waals surface area contributed by atoms with Crippen LogP contribution in [0, 0.1) is 45.3 Å². The standard InChI is InChI=1S/C32H52O4/c1-19(17-23-26(28(4,5)34)36-29(6,7)35-23)20-13-15-32(10)22-11-12-24-27(2,3)25(33)18-30(24,8)21(22)14-16-31(20,32)9/h11,19-21,23-24,26,34H,12-18H2,1-10H3/t19?,20-,21?,23+,24?,26-,30+,31-,32+/m0/s1. The van der Waals surface area contributed by atoms with Gasteiger partial charge in [0.1, 0.15) is 11.9 Å². The number of Topliss-reactive ketones (excluding diaryl/α,β-unsaturated/α-hetero) is 1. The van der Waals surface area contributed by atoms with Crippen molar-refractivity contribution in [2.45, 2.75) is 138 Å². The predicted molar refractivity (Wildman–Crippen MR) is 143 cm³/mol. The van der Waals surface area contributed by atoms with E-state index < -0.39 is 11.4 Å². The summed E-state index contributed by atoms with van der Waals surface area (Å²) in [6, 6.07) is 0. The largest absolute Gasteiger partial charge is 0.388 e. The number of allylic oxidation sites excluding steroid dienone is 2. The lowest BCUT2D eigenvalue weighted by molar-refractivity contribution is -0.165. The van der Waals surface area contributed by atoms with Crippen LogP contribution in [-0.2, 0) is 14.3 Å². The molecule has 0 radical (unpaired) electrons. The first kappa shape index (κ1) is 26.9. The number of hydrogen-bond acceptors (Lipinski definition) is 4. The molecule has 0 aromatic rings. The highest BCUT2D eigenvalue weighted by atomic mass is 16.8. The van der Waals surface area contributed by atoms with Crippen LogP contribution in [0.25, 0.3) is 0 Å². The van der Waals surface area contributed by atoms with Crippen LogP contribution in [0.15, 0.2) is 11.6 Å². The monoisotopic (exact) mass is 500 g/mol. The number of rotatable bonds is 4. The summed E-state index contributed by atoms with van der Waals surface area (Å²) in [6.07, 6.45) is 9.85. The van der Waals surface area contributed by atoms with Gasteiger partial charge in [0.2, 0.25) is 0 Å². The minimum atomic E-state index is -0.935. The number of hydrogen-bond donors (Lipinski definition) is 1. The van der Waals surface area contributed by atoms with Crippen LogP contribution in [0.2, 0.25) is 0 Å². The molecule has 36 heavy (non-hydrogen) atoms. The van der Waals surface area contributed by atoms with E-state index in [9.17, 15) is 9.90 Å². The summed E-state index contributed by atoms with van der Waals surface area (Å²) < 4.78 is 12.5. The van der Waals surface area contributed by atoms with Gasteiger partial charge in [-0.1, -0.05) is 53.2 Å². The molecule has 3 saturated carbocycles. The van der Waals surface area contributed by atoms with Crippen molar-refractivity contribution < 1.29 is 19.4 Å². The minimum Gasteiger partial charge on any atom is -0.388 e. The Morgan fingerprint density at radius 3 is 2.36 bits per heavy atom. The Kier molecular flexibility index (Phi) is 5.91. The second kappa shape index (κ2) is 7.92. The van der Waals surface area contributed by atoms with Crippen molar-refractivity contribution in [2.75, 3.05) is 0 Å². The average Bonchev–Trinajstić information content (AvgIpc) is 3.26. The Morgan fingerprint density at radius 2 is 1.72 bits per heavy atom. The van der Waals surface area contributed by atoms with Crippen molar-refractivity contribution in [3.63, 3.8) is 0 Å². The van der Waals surface area contributed by atoms with E-state index in [1.165, 1.54) is 25.7 Å². The van der Waals surface area contributed by atoms with Gasteiger partial charge in [-0.2, -0.15) is 0 Å². The third-order valence-corrected chi connectivity index (χ3v) is 12.5. The normalized spacial score (nSPS) is 48.2. The lowest BCUT2D eigenvalue weighted by atomic mass is 9.45. The van der Waals surface area contributed by atoms with Crippen molar-refractivity contribution >= 4 is 5.78 Å². The van der Waals surface area contributed by atoms with Crippen LogP contribution < -0.4 is 0 Å². The van der Waals surface area contributed by atoms with Gasteiger partial charge in [0.15, 0.2) is 5.79 Å². The molecule has 204 valence electrons. The summed E-state index contributed by atoms with van der Waals surface area (Å²) in [5.41, 5.74) is 1.11. The molecule has 0 spiro atoms. The fraction of sp³-hybridized carbons (Fsp3) is 0.906. The summed E-state index contributed by atoms with van der Waals surface area (Å²) in [5.74, 6) is 1.93. The summed E-state index contributed by atoms with van der Waals surface area (Å²) in [7, 11) is 0. The molecule has 4 heteroatoms. The first-order chi connectivity index (χ1) is 16.4. The Bertz CT molecular complexity index is 956. The van der Waals surface area contributed by atoms with Gasteiger partial charge in [0.25, 0.3) is 0 Å². The molecular formula is C32H52O4. The molecule has 1 heterocycles. The third kappa shape index (κ3) is 3.59. The zero-order valence-corrected chi connectivity index (χ0v) is 24.7. The molecule has 4 fully saturated rings. The van der Waals surface area contributed by atoms with Crippen molar-refractivity contribution in [1.29, 1.82) is 0 Å². The second-order valence-electron chi connectivity index (χ2n) is 15.7. The van der Waals surface area contributed by atoms with Gasteiger partial charge in [0.05, 0.1) is 11.7 Å². The van der Waals surface area contributed by atoms with Gasteiger partial charge >= 0.3 is 0 Å². The highest BCUT2D eigenvalue weighted by Gasteiger charge is 2.67. The zero-order valence-electron chi connectivity index (χ0n) is 24.7. The molecule has 0 aromatic carbocycles. The highest BCUT2D eigenvalue weighted by Crippen LogP contribution is 2.73. The van der Waals surface area contributed by atoms with E-state index >= 15 is 0 Å². The zero-order chi connectivity index (χ0) is 26.7. The molecule has 1 saturated heterocycles. The highest BCUT2D eigenvalue weighted by molar-refractivity contribution is 5.88. The fourth-order valence-electron chi connectivity index (χ4n) is 10.4. The van der Waals surface area contributed by atoms with Crippen molar-refractivity contribution in [2.24, 2.45) is 45.3 Å². The summed E-state index contributed by atoms with van der Waals surface area (Å²) in [4.78, 5) is 13.1. The SMILES string of the molecule is CC(C[C@H]1OC(C)(C)O[C@@H]1C(C)(C)O)[C@@H]1CC[C@]2(C)C3=CCC4C(C)(C)C(=O)C[C@]4(C)C3CC[C@@]12C. The Labute approximate surface area is 220 Å². The number of ether oxygens (including phenoxy) is 2. The van der Waals surface area contributed by atoms with Crippen LogP contribution >= 0.6 is 0 Å². The fourth-order valence-corrected chi connectivity index (χ4v) is 10.4. The first-order valence-corrected chi connectivity index (χ1v) is 14.7. The topological polar surface area (TPSA) is 55.8 Å². The molecule has 5 aliphatic rings. The molecule has 1 N–H and O–H groups in total. The van der Waals surface area contributed by atoms with E-state index in [4.69, 9.17) is 9.47 Å². The molecule has 0 aromatic heterocycles. The average molecular weight is 501 g/mol. The van der Waals surface area contributed by atoms with Gasteiger partial charge in [-0.3, -0.25) is 4.79 Å². The van der Waals surface area contributed by atoms with E-state index in [1.807, 2.05) is 27.7 Å². The number of aliphatic hydroxyl groups is 1. The van der Waals surface area contributed by atoms with Crippen LogP contribution in [-0.4, -0.2) is 34.5 Å². The Morgan fingerprint density at radius 1 is 1.06 bits per heavy atom. The number of carbonyl (C=O) groups excluding carboxylic acids is 1. The second-order valence-corrected chi connectivity index (χ2v) is 15.7. The molecule has 0 bridgehead atoms. The van der Waals surface area contributed by atoms with Crippen LogP contribution in [0.1, 0.15) is 114 Å². The lowest BCUT2D eigenvalue weighted by Gasteiger charge is -2.59. The molecule has 9 atom stereocenters. The smallest absolute Gasteiger partial charge is 0.163 e.